The Morgan fingerprint density at radius 1 is 1.03 bits per heavy atom. The molecule has 0 aliphatic carbocycles. The molecule has 1 fully saturated rings. The van der Waals surface area contributed by atoms with E-state index in [0.29, 0.717) is 12.3 Å². The molecule has 6 rings (SSSR count). The molecule has 2 aromatic carbocycles. The Morgan fingerprint density at radius 3 is 2.67 bits per heavy atom. The standard InChI is InChI=1S/C28H30N6O2/c1-18-6-9-24-27(36-16-25-26(28(29)35)30-17-34(24)25)20(18)10-11-32-12-14-33(15-13-32)23-5-3-4-22-21(23)8-7-19(2)31-22/h3-9,17H,10-16H2,1-2H3,(H2,29,35). The maximum atomic E-state index is 11.7. The Balaban J connectivity index is 1.16. The number of primary amides is 1. The smallest absolute Gasteiger partial charge is 0.269 e. The zero-order valence-corrected chi connectivity index (χ0v) is 20.7. The number of piperazine rings is 1. The summed E-state index contributed by atoms with van der Waals surface area (Å²) < 4.78 is 8.11. The largest absolute Gasteiger partial charge is 0.485 e. The van der Waals surface area contributed by atoms with Gasteiger partial charge in [0.15, 0.2) is 5.69 Å². The molecule has 4 heterocycles. The summed E-state index contributed by atoms with van der Waals surface area (Å²) in [6, 6.07) is 14.8. The lowest BCUT2D eigenvalue weighted by molar-refractivity contribution is 0.0993. The molecule has 36 heavy (non-hydrogen) atoms. The first kappa shape index (κ1) is 22.5. The summed E-state index contributed by atoms with van der Waals surface area (Å²) in [6.45, 7) is 9.43. The number of anilines is 1. The number of ether oxygens (including phenoxy) is 1. The third-order valence-corrected chi connectivity index (χ3v) is 7.43. The number of aryl methyl sites for hydroxylation is 2. The maximum Gasteiger partial charge on any atom is 0.269 e. The van der Waals surface area contributed by atoms with Crippen LogP contribution in [0.2, 0.25) is 0 Å². The number of benzene rings is 2. The minimum Gasteiger partial charge on any atom is -0.485 e. The van der Waals surface area contributed by atoms with Crippen LogP contribution in [-0.4, -0.2) is 58.1 Å². The molecule has 2 aliphatic heterocycles. The van der Waals surface area contributed by atoms with E-state index in [4.69, 9.17) is 15.5 Å². The van der Waals surface area contributed by atoms with Gasteiger partial charge in [-0.3, -0.25) is 19.2 Å². The van der Waals surface area contributed by atoms with E-state index in [1.54, 1.807) is 6.33 Å². The molecule has 1 amide bonds. The minimum absolute atomic E-state index is 0.276. The molecule has 0 unspecified atom stereocenters. The average molecular weight is 483 g/mol. The van der Waals surface area contributed by atoms with Gasteiger partial charge in [0.05, 0.1) is 16.9 Å². The lowest BCUT2D eigenvalue weighted by atomic mass is 10.0. The highest BCUT2D eigenvalue weighted by Gasteiger charge is 2.26. The number of fused-ring (bicyclic) bond motifs is 4. The molecule has 0 atom stereocenters. The number of carbonyl (C=O) groups is 1. The van der Waals surface area contributed by atoms with Gasteiger partial charge in [-0.1, -0.05) is 12.1 Å². The highest BCUT2D eigenvalue weighted by molar-refractivity contribution is 5.92. The fourth-order valence-corrected chi connectivity index (χ4v) is 5.44. The molecular weight excluding hydrogens is 452 g/mol. The lowest BCUT2D eigenvalue weighted by Gasteiger charge is -2.37. The predicted octanol–water partition coefficient (Wildman–Crippen LogP) is 3.39. The van der Waals surface area contributed by atoms with E-state index in [1.165, 1.54) is 22.2 Å². The van der Waals surface area contributed by atoms with Gasteiger partial charge in [-0.15, -0.1) is 0 Å². The summed E-state index contributed by atoms with van der Waals surface area (Å²) in [5.41, 5.74) is 13.2. The zero-order valence-electron chi connectivity index (χ0n) is 20.7. The van der Waals surface area contributed by atoms with Crippen molar-refractivity contribution in [3.05, 3.63) is 77.0 Å². The molecule has 0 radical (unpaired) electrons. The number of amides is 1. The second-order valence-corrected chi connectivity index (χ2v) is 9.65. The highest BCUT2D eigenvalue weighted by Crippen LogP contribution is 2.36. The number of carbonyl (C=O) groups excluding carboxylic acids is 1. The van der Waals surface area contributed by atoms with E-state index >= 15 is 0 Å². The van der Waals surface area contributed by atoms with Crippen molar-refractivity contribution in [3.63, 3.8) is 0 Å². The summed E-state index contributed by atoms with van der Waals surface area (Å²) >= 11 is 0. The molecule has 8 nitrogen and oxygen atoms in total. The van der Waals surface area contributed by atoms with E-state index in [1.807, 2.05) is 17.6 Å². The SMILES string of the molecule is Cc1ccc2c(N3CCN(CCc4c(C)ccc5c4OCc4c(C(N)=O)ncn4-5)CC3)cccc2n1. The monoisotopic (exact) mass is 482 g/mol. The molecule has 2 aromatic heterocycles. The van der Waals surface area contributed by atoms with E-state index in [9.17, 15) is 4.79 Å². The first-order valence-electron chi connectivity index (χ1n) is 12.4. The van der Waals surface area contributed by atoms with Gasteiger partial charge in [0.2, 0.25) is 0 Å². The van der Waals surface area contributed by atoms with Crippen LogP contribution in [0, 0.1) is 13.8 Å². The van der Waals surface area contributed by atoms with E-state index in [-0.39, 0.29) is 5.69 Å². The molecule has 0 spiro atoms. The molecule has 0 bridgehead atoms. The van der Waals surface area contributed by atoms with Crippen molar-refractivity contribution in [1.82, 2.24) is 19.4 Å². The Labute approximate surface area is 210 Å². The topological polar surface area (TPSA) is 89.5 Å². The Morgan fingerprint density at radius 2 is 1.86 bits per heavy atom. The van der Waals surface area contributed by atoms with Gasteiger partial charge < -0.3 is 15.4 Å². The Hall–Kier alpha value is -3.91. The number of hydrogen-bond acceptors (Lipinski definition) is 6. The third-order valence-electron chi connectivity index (χ3n) is 7.43. The summed E-state index contributed by atoms with van der Waals surface area (Å²) in [4.78, 5) is 25.6. The zero-order chi connectivity index (χ0) is 24.8. The Kier molecular flexibility index (Phi) is 5.60. The van der Waals surface area contributed by atoms with Gasteiger partial charge in [0.1, 0.15) is 18.7 Å². The summed E-state index contributed by atoms with van der Waals surface area (Å²) in [5, 5.41) is 1.22. The van der Waals surface area contributed by atoms with Gasteiger partial charge in [0.25, 0.3) is 5.91 Å². The predicted molar refractivity (Wildman–Crippen MR) is 140 cm³/mol. The van der Waals surface area contributed by atoms with Crippen LogP contribution < -0.4 is 15.4 Å². The fraction of sp³-hybridized carbons (Fsp3) is 0.321. The Bertz CT molecular complexity index is 1470. The van der Waals surface area contributed by atoms with Crippen molar-refractivity contribution in [2.45, 2.75) is 26.9 Å². The average Bonchev–Trinajstić information content (AvgIpc) is 3.33. The number of nitrogens with zero attached hydrogens (tertiary/aromatic N) is 5. The van der Waals surface area contributed by atoms with Crippen molar-refractivity contribution in [1.29, 1.82) is 0 Å². The van der Waals surface area contributed by atoms with Gasteiger partial charge >= 0.3 is 0 Å². The van der Waals surface area contributed by atoms with Crippen LogP contribution in [-0.2, 0) is 13.0 Å². The number of aromatic nitrogens is 3. The normalized spacial score (nSPS) is 15.4. The van der Waals surface area contributed by atoms with Crippen LogP contribution in [0.3, 0.4) is 0 Å². The summed E-state index contributed by atoms with van der Waals surface area (Å²) in [6.07, 6.45) is 2.57. The number of pyridine rings is 1. The minimum atomic E-state index is -0.530. The van der Waals surface area contributed by atoms with Crippen molar-refractivity contribution >= 4 is 22.5 Å². The number of nitrogens with two attached hydrogens (primary N) is 1. The van der Waals surface area contributed by atoms with Gasteiger partial charge in [-0.05, 0) is 56.2 Å². The van der Waals surface area contributed by atoms with Crippen LogP contribution in [0.4, 0.5) is 5.69 Å². The number of imidazole rings is 1. The van der Waals surface area contributed by atoms with Crippen LogP contribution in [0.15, 0.2) is 48.8 Å². The number of hydrogen-bond donors (Lipinski definition) is 1. The molecule has 4 aromatic rings. The summed E-state index contributed by atoms with van der Waals surface area (Å²) in [5.74, 6) is 0.352. The van der Waals surface area contributed by atoms with Crippen LogP contribution in [0.1, 0.15) is 33.0 Å². The second-order valence-electron chi connectivity index (χ2n) is 9.65. The van der Waals surface area contributed by atoms with Gasteiger partial charge in [-0.2, -0.15) is 0 Å². The maximum absolute atomic E-state index is 11.7. The molecule has 0 saturated carbocycles. The molecule has 2 aliphatic rings. The van der Waals surface area contributed by atoms with Gasteiger partial charge in [-0.25, -0.2) is 4.98 Å². The van der Waals surface area contributed by atoms with Crippen LogP contribution >= 0.6 is 0 Å². The van der Waals surface area contributed by atoms with Crippen molar-refractivity contribution < 1.29 is 9.53 Å². The highest BCUT2D eigenvalue weighted by atomic mass is 16.5. The first-order valence-corrected chi connectivity index (χ1v) is 12.4. The quantitative estimate of drug-likeness (QED) is 0.469. The number of rotatable bonds is 5. The van der Waals surface area contributed by atoms with Crippen LogP contribution in [0.25, 0.3) is 16.6 Å². The van der Waals surface area contributed by atoms with E-state index < -0.39 is 5.91 Å². The molecule has 8 heteroatoms. The van der Waals surface area contributed by atoms with Crippen molar-refractivity contribution in [2.75, 3.05) is 37.6 Å². The molecular formula is C28H30N6O2. The molecule has 2 N–H and O–H groups in total. The van der Waals surface area contributed by atoms with Crippen molar-refractivity contribution in [2.24, 2.45) is 5.73 Å². The van der Waals surface area contributed by atoms with Crippen molar-refractivity contribution in [3.8, 4) is 11.4 Å². The first-order chi connectivity index (χ1) is 17.5. The molecule has 184 valence electrons. The van der Waals surface area contributed by atoms with Crippen LogP contribution in [0.5, 0.6) is 5.75 Å². The lowest BCUT2D eigenvalue weighted by Crippen LogP contribution is -2.47. The van der Waals surface area contributed by atoms with Gasteiger partial charge in [0, 0.05) is 55.1 Å². The second kappa shape index (κ2) is 8.95. The summed E-state index contributed by atoms with van der Waals surface area (Å²) in [7, 11) is 0. The molecule has 1 saturated heterocycles. The van der Waals surface area contributed by atoms with E-state index in [0.717, 1.165) is 61.8 Å². The fourth-order valence-electron chi connectivity index (χ4n) is 5.44. The van der Waals surface area contributed by atoms with E-state index in [2.05, 4.69) is 58.1 Å². The third kappa shape index (κ3) is 3.87.